The van der Waals surface area contributed by atoms with Crippen molar-refractivity contribution in [2.45, 2.75) is 33.0 Å². The molecular formula is C7H14O2. The Morgan fingerprint density at radius 2 is 2.00 bits per heavy atom. The van der Waals surface area contributed by atoms with Crippen LogP contribution in [0.25, 0.3) is 0 Å². The molecule has 0 saturated carbocycles. The van der Waals surface area contributed by atoms with Gasteiger partial charge < -0.3 is 9.47 Å². The molecular weight excluding hydrogens is 116 g/mol. The molecule has 1 saturated heterocycles. The second-order valence-corrected chi connectivity index (χ2v) is 2.86. The van der Waals surface area contributed by atoms with Crippen molar-refractivity contribution >= 4 is 0 Å². The Hall–Kier alpha value is -0.0800. The number of rotatable bonds is 1. The normalized spacial score (nSPS) is 36.0. The van der Waals surface area contributed by atoms with Crippen LogP contribution in [-0.4, -0.2) is 19.0 Å². The van der Waals surface area contributed by atoms with Gasteiger partial charge in [0.25, 0.3) is 0 Å². The third kappa shape index (κ3) is 1.43. The summed E-state index contributed by atoms with van der Waals surface area (Å²) in [6.45, 7) is 6.83. The van der Waals surface area contributed by atoms with Crippen LogP contribution in [0.1, 0.15) is 20.8 Å². The zero-order chi connectivity index (χ0) is 6.85. The Morgan fingerprint density at radius 1 is 1.33 bits per heavy atom. The fourth-order valence-corrected chi connectivity index (χ4v) is 1.19. The van der Waals surface area contributed by atoms with Gasteiger partial charge in [0.1, 0.15) is 6.79 Å². The highest BCUT2D eigenvalue weighted by molar-refractivity contribution is 4.72. The molecule has 0 aromatic rings. The third-order valence-corrected chi connectivity index (χ3v) is 1.71. The molecule has 9 heavy (non-hydrogen) atoms. The highest BCUT2D eigenvalue weighted by Gasteiger charge is 2.27. The van der Waals surface area contributed by atoms with Gasteiger partial charge in [0.15, 0.2) is 0 Å². The molecule has 0 aromatic heterocycles. The summed E-state index contributed by atoms with van der Waals surface area (Å²) in [5.41, 5.74) is 0. The Bertz CT molecular complexity index is 90.9. The maximum atomic E-state index is 5.30. The summed E-state index contributed by atoms with van der Waals surface area (Å²) in [6.07, 6.45) is 0.593. The summed E-state index contributed by atoms with van der Waals surface area (Å²) in [4.78, 5) is 0. The van der Waals surface area contributed by atoms with Gasteiger partial charge in [-0.25, -0.2) is 0 Å². The van der Waals surface area contributed by atoms with Gasteiger partial charge in [-0.1, -0.05) is 13.8 Å². The minimum atomic E-state index is 0.282. The van der Waals surface area contributed by atoms with Gasteiger partial charge in [0.05, 0.1) is 12.2 Å². The lowest BCUT2D eigenvalue weighted by Gasteiger charge is -2.15. The minimum absolute atomic E-state index is 0.282. The predicted molar refractivity (Wildman–Crippen MR) is 35.1 cm³/mol. The van der Waals surface area contributed by atoms with E-state index >= 15 is 0 Å². The molecule has 0 radical (unpaired) electrons. The van der Waals surface area contributed by atoms with Gasteiger partial charge >= 0.3 is 0 Å². The Morgan fingerprint density at radius 3 is 2.22 bits per heavy atom. The Labute approximate surface area is 56.2 Å². The summed E-state index contributed by atoms with van der Waals surface area (Å²) < 4.78 is 10.5. The number of hydrogen-bond acceptors (Lipinski definition) is 2. The molecule has 0 aliphatic carbocycles. The SMILES string of the molecule is CC(C)C1OCOC1C. The van der Waals surface area contributed by atoms with Crippen molar-refractivity contribution < 1.29 is 9.47 Å². The zero-order valence-electron chi connectivity index (χ0n) is 6.26. The standard InChI is InChI=1S/C7H14O2/c1-5(2)7-6(3)8-4-9-7/h5-7H,4H2,1-3H3. The highest BCUT2D eigenvalue weighted by atomic mass is 16.7. The lowest BCUT2D eigenvalue weighted by molar-refractivity contribution is 0.0316. The van der Waals surface area contributed by atoms with Gasteiger partial charge in [-0.05, 0) is 12.8 Å². The number of hydrogen-bond donors (Lipinski definition) is 0. The Kier molecular flexibility index (Phi) is 2.09. The molecule has 0 amide bonds. The van der Waals surface area contributed by atoms with E-state index in [1.54, 1.807) is 0 Å². The van der Waals surface area contributed by atoms with Gasteiger partial charge in [-0.15, -0.1) is 0 Å². The molecule has 1 rings (SSSR count). The summed E-state index contributed by atoms with van der Waals surface area (Å²) >= 11 is 0. The van der Waals surface area contributed by atoms with Crippen molar-refractivity contribution in [1.29, 1.82) is 0 Å². The molecule has 1 aliphatic rings. The topological polar surface area (TPSA) is 18.5 Å². The van der Waals surface area contributed by atoms with Crippen LogP contribution in [0.15, 0.2) is 0 Å². The minimum Gasteiger partial charge on any atom is -0.350 e. The van der Waals surface area contributed by atoms with Crippen molar-refractivity contribution in [1.82, 2.24) is 0 Å². The van der Waals surface area contributed by atoms with E-state index in [-0.39, 0.29) is 6.10 Å². The van der Waals surface area contributed by atoms with Gasteiger partial charge in [0.2, 0.25) is 0 Å². The summed E-state index contributed by atoms with van der Waals surface area (Å²) in [7, 11) is 0. The maximum absolute atomic E-state index is 5.30. The third-order valence-electron chi connectivity index (χ3n) is 1.71. The average molecular weight is 130 g/mol. The van der Waals surface area contributed by atoms with E-state index in [1.807, 2.05) is 0 Å². The van der Waals surface area contributed by atoms with E-state index < -0.39 is 0 Å². The van der Waals surface area contributed by atoms with Crippen LogP contribution in [0.4, 0.5) is 0 Å². The van der Waals surface area contributed by atoms with Gasteiger partial charge in [-0.3, -0.25) is 0 Å². The van der Waals surface area contributed by atoms with Crippen LogP contribution in [0, 0.1) is 5.92 Å². The molecule has 0 aromatic carbocycles. The van der Waals surface area contributed by atoms with E-state index in [9.17, 15) is 0 Å². The van der Waals surface area contributed by atoms with Crippen LogP contribution < -0.4 is 0 Å². The summed E-state index contributed by atoms with van der Waals surface area (Å²) in [5.74, 6) is 0.572. The lowest BCUT2D eigenvalue weighted by Crippen LogP contribution is -2.24. The van der Waals surface area contributed by atoms with Crippen molar-refractivity contribution in [2.75, 3.05) is 6.79 Å². The molecule has 0 spiro atoms. The fourth-order valence-electron chi connectivity index (χ4n) is 1.19. The Balaban J connectivity index is 2.40. The largest absolute Gasteiger partial charge is 0.350 e. The molecule has 2 heteroatoms. The van der Waals surface area contributed by atoms with Gasteiger partial charge in [0, 0.05) is 0 Å². The molecule has 2 atom stereocenters. The van der Waals surface area contributed by atoms with E-state index in [1.165, 1.54) is 0 Å². The van der Waals surface area contributed by atoms with E-state index in [2.05, 4.69) is 20.8 Å². The first-order chi connectivity index (χ1) is 4.22. The second-order valence-electron chi connectivity index (χ2n) is 2.86. The molecule has 0 N–H and O–H groups in total. The van der Waals surface area contributed by atoms with E-state index in [0.29, 0.717) is 18.8 Å². The second kappa shape index (κ2) is 2.67. The van der Waals surface area contributed by atoms with E-state index in [4.69, 9.17) is 9.47 Å². The molecule has 2 unspecified atom stereocenters. The number of ether oxygens (including phenoxy) is 2. The maximum Gasteiger partial charge on any atom is 0.147 e. The molecule has 1 fully saturated rings. The highest BCUT2D eigenvalue weighted by Crippen LogP contribution is 2.19. The summed E-state index contributed by atoms with van der Waals surface area (Å²) in [6, 6.07) is 0. The van der Waals surface area contributed by atoms with Crippen LogP contribution in [0.5, 0.6) is 0 Å². The summed E-state index contributed by atoms with van der Waals surface area (Å²) in [5, 5.41) is 0. The van der Waals surface area contributed by atoms with Crippen molar-refractivity contribution in [2.24, 2.45) is 5.92 Å². The first-order valence-electron chi connectivity index (χ1n) is 3.45. The first-order valence-corrected chi connectivity index (χ1v) is 3.45. The lowest BCUT2D eigenvalue weighted by atomic mass is 10.0. The monoisotopic (exact) mass is 130 g/mol. The quantitative estimate of drug-likeness (QED) is 0.534. The molecule has 1 heterocycles. The van der Waals surface area contributed by atoms with Crippen LogP contribution in [-0.2, 0) is 9.47 Å². The fraction of sp³-hybridized carbons (Fsp3) is 1.00. The van der Waals surface area contributed by atoms with Crippen molar-refractivity contribution in [3.63, 3.8) is 0 Å². The van der Waals surface area contributed by atoms with Crippen LogP contribution in [0.2, 0.25) is 0 Å². The van der Waals surface area contributed by atoms with Crippen molar-refractivity contribution in [3.8, 4) is 0 Å². The smallest absolute Gasteiger partial charge is 0.147 e. The van der Waals surface area contributed by atoms with Gasteiger partial charge in [-0.2, -0.15) is 0 Å². The first kappa shape index (κ1) is 7.03. The average Bonchev–Trinajstić information content (AvgIpc) is 2.13. The molecule has 2 nitrogen and oxygen atoms in total. The van der Waals surface area contributed by atoms with Crippen molar-refractivity contribution in [3.05, 3.63) is 0 Å². The molecule has 1 aliphatic heterocycles. The van der Waals surface area contributed by atoms with Crippen LogP contribution >= 0.6 is 0 Å². The predicted octanol–water partition coefficient (Wildman–Crippen LogP) is 1.40. The van der Waals surface area contributed by atoms with E-state index in [0.717, 1.165) is 0 Å². The van der Waals surface area contributed by atoms with Crippen LogP contribution in [0.3, 0.4) is 0 Å². The zero-order valence-corrected chi connectivity index (χ0v) is 6.26. The molecule has 54 valence electrons. The molecule has 0 bridgehead atoms.